The fourth-order valence-corrected chi connectivity index (χ4v) is 5.88. The maximum atomic E-state index is 12.7. The van der Waals surface area contributed by atoms with E-state index in [1.165, 1.54) is 11.3 Å². The molecule has 1 aliphatic rings. The second kappa shape index (κ2) is 12.8. The molecular weight excluding hydrogens is 536 g/mol. The Morgan fingerprint density at radius 2 is 1.41 bits per heavy atom. The summed E-state index contributed by atoms with van der Waals surface area (Å²) < 4.78 is 0. The molecule has 0 radical (unpaired) electrons. The average Bonchev–Trinajstić information content (AvgIpc) is 3.49. The van der Waals surface area contributed by atoms with Crippen LogP contribution in [0, 0.1) is 0 Å². The zero-order chi connectivity index (χ0) is 28.7. The van der Waals surface area contributed by atoms with Crippen molar-refractivity contribution in [2.75, 3.05) is 18.4 Å². The van der Waals surface area contributed by atoms with Crippen molar-refractivity contribution in [3.63, 3.8) is 0 Å². The van der Waals surface area contributed by atoms with Gasteiger partial charge in [-0.25, -0.2) is 9.78 Å². The summed E-state index contributed by atoms with van der Waals surface area (Å²) in [4.78, 5) is 36.7. The van der Waals surface area contributed by atoms with E-state index in [4.69, 9.17) is 4.84 Å². The number of amides is 1. The molecule has 8 nitrogen and oxygen atoms in total. The third-order valence-electron chi connectivity index (χ3n) is 7.18. The lowest BCUT2D eigenvalue weighted by Gasteiger charge is -2.36. The van der Waals surface area contributed by atoms with Gasteiger partial charge in [-0.15, -0.1) is 11.3 Å². The lowest BCUT2D eigenvalue weighted by atomic mass is 9.77. The van der Waals surface area contributed by atoms with Gasteiger partial charge < -0.3 is 20.2 Å². The van der Waals surface area contributed by atoms with Crippen LogP contribution in [0.4, 0.5) is 5.13 Å². The van der Waals surface area contributed by atoms with Gasteiger partial charge in [-0.3, -0.25) is 4.79 Å². The summed E-state index contributed by atoms with van der Waals surface area (Å²) in [5, 5.41) is 19.6. The largest absolute Gasteiger partial charge is 0.476 e. The van der Waals surface area contributed by atoms with Crippen LogP contribution >= 0.6 is 11.3 Å². The quantitative estimate of drug-likeness (QED) is 0.143. The number of benzene rings is 3. The van der Waals surface area contributed by atoms with Gasteiger partial charge in [0, 0.05) is 18.5 Å². The molecule has 0 aliphatic carbocycles. The molecule has 2 heterocycles. The second-order valence-electron chi connectivity index (χ2n) is 9.89. The minimum Gasteiger partial charge on any atom is -0.476 e. The molecule has 2 N–H and O–H groups in total. The SMILES string of the molecule is C[C@H](O/N=C(\C(=O)O)c1csc(NC(c2ccccc2)(c2ccccc2)c2ccccc2)n1)C(=O)N1CCCCC1. The number of hydrogen-bond donors (Lipinski definition) is 2. The first kappa shape index (κ1) is 28.0. The summed E-state index contributed by atoms with van der Waals surface area (Å²) in [6.45, 7) is 2.94. The monoisotopic (exact) mass is 568 g/mol. The smallest absolute Gasteiger partial charge is 0.360 e. The molecule has 0 unspecified atom stereocenters. The molecule has 1 aromatic heterocycles. The van der Waals surface area contributed by atoms with Crippen LogP contribution in [0.1, 0.15) is 48.6 Å². The van der Waals surface area contributed by atoms with E-state index in [1.54, 1.807) is 17.2 Å². The number of likely N-dealkylation sites (tertiary alicyclic amines) is 1. The van der Waals surface area contributed by atoms with E-state index in [9.17, 15) is 14.7 Å². The van der Waals surface area contributed by atoms with E-state index >= 15 is 0 Å². The summed E-state index contributed by atoms with van der Waals surface area (Å²) in [5.41, 5.74) is 1.95. The molecule has 1 saturated heterocycles. The Morgan fingerprint density at radius 1 is 0.902 bits per heavy atom. The first-order valence-electron chi connectivity index (χ1n) is 13.7. The fraction of sp³-hybridized carbons (Fsp3) is 0.250. The Kier molecular flexibility index (Phi) is 8.74. The van der Waals surface area contributed by atoms with Gasteiger partial charge in [-0.1, -0.05) is 96.2 Å². The number of nitrogens with zero attached hydrogens (tertiary/aromatic N) is 3. The van der Waals surface area contributed by atoms with Gasteiger partial charge in [-0.2, -0.15) is 0 Å². The van der Waals surface area contributed by atoms with Crippen molar-refractivity contribution in [3.8, 4) is 0 Å². The van der Waals surface area contributed by atoms with Crippen molar-refractivity contribution in [2.45, 2.75) is 37.8 Å². The van der Waals surface area contributed by atoms with Gasteiger partial charge in [0.2, 0.25) is 11.8 Å². The molecule has 1 aliphatic heterocycles. The minimum absolute atomic E-state index is 0.144. The van der Waals surface area contributed by atoms with E-state index in [2.05, 4.69) is 51.9 Å². The van der Waals surface area contributed by atoms with Gasteiger partial charge >= 0.3 is 5.97 Å². The predicted octanol–water partition coefficient (Wildman–Crippen LogP) is 5.75. The summed E-state index contributed by atoms with van der Waals surface area (Å²) in [6.07, 6.45) is 2.10. The third kappa shape index (κ3) is 6.15. The summed E-state index contributed by atoms with van der Waals surface area (Å²) in [7, 11) is 0. The molecule has 0 bridgehead atoms. The molecule has 41 heavy (non-hydrogen) atoms. The number of thiazole rings is 1. The van der Waals surface area contributed by atoms with Crippen molar-refractivity contribution in [1.29, 1.82) is 0 Å². The maximum Gasteiger partial charge on any atom is 0.360 e. The van der Waals surface area contributed by atoms with Gasteiger partial charge in [0.25, 0.3) is 5.91 Å². The number of carboxylic acids is 1. The lowest BCUT2D eigenvalue weighted by molar-refractivity contribution is -0.144. The first-order valence-corrected chi connectivity index (χ1v) is 14.5. The number of carboxylic acid groups (broad SMARTS) is 1. The van der Waals surface area contributed by atoms with Crippen LogP contribution in [0.2, 0.25) is 0 Å². The highest BCUT2D eigenvalue weighted by Gasteiger charge is 2.37. The van der Waals surface area contributed by atoms with Gasteiger partial charge in [0.15, 0.2) is 5.13 Å². The molecule has 0 saturated carbocycles. The van der Waals surface area contributed by atoms with E-state index in [0.717, 1.165) is 36.0 Å². The molecule has 0 spiro atoms. The van der Waals surface area contributed by atoms with E-state index in [1.807, 2.05) is 54.6 Å². The Morgan fingerprint density at radius 3 is 1.90 bits per heavy atom. The topological polar surface area (TPSA) is 104 Å². The van der Waals surface area contributed by atoms with Crippen LogP contribution in [0.25, 0.3) is 0 Å². The number of aromatic nitrogens is 1. The van der Waals surface area contributed by atoms with Crippen molar-refractivity contribution in [1.82, 2.24) is 9.88 Å². The van der Waals surface area contributed by atoms with Crippen molar-refractivity contribution in [2.24, 2.45) is 5.16 Å². The van der Waals surface area contributed by atoms with Crippen molar-refractivity contribution < 1.29 is 19.5 Å². The third-order valence-corrected chi connectivity index (χ3v) is 7.94. The molecule has 1 atom stereocenters. The zero-order valence-electron chi connectivity index (χ0n) is 22.8. The summed E-state index contributed by atoms with van der Waals surface area (Å²) >= 11 is 1.27. The van der Waals surface area contributed by atoms with Crippen LogP contribution in [-0.2, 0) is 20.0 Å². The molecule has 1 fully saturated rings. The predicted molar refractivity (Wildman–Crippen MR) is 160 cm³/mol. The number of hydrogen-bond acceptors (Lipinski definition) is 7. The molecule has 3 aromatic carbocycles. The zero-order valence-corrected chi connectivity index (χ0v) is 23.6. The molecule has 5 rings (SSSR count). The Hall–Kier alpha value is -4.50. The van der Waals surface area contributed by atoms with Crippen LogP contribution in [-0.4, -0.2) is 51.8 Å². The second-order valence-corrected chi connectivity index (χ2v) is 10.7. The highest BCUT2D eigenvalue weighted by molar-refractivity contribution is 7.14. The van der Waals surface area contributed by atoms with Crippen LogP contribution in [0.15, 0.2) is 102 Å². The minimum atomic E-state index is -1.29. The number of carbonyl (C=O) groups excluding carboxylic acids is 1. The molecule has 1 amide bonds. The number of rotatable bonds is 10. The molecular formula is C32H32N4O4S. The molecule has 9 heteroatoms. The van der Waals surface area contributed by atoms with Crippen LogP contribution in [0.5, 0.6) is 0 Å². The molecule has 210 valence electrons. The van der Waals surface area contributed by atoms with Gasteiger partial charge in [-0.05, 0) is 42.9 Å². The Balaban J connectivity index is 1.48. The Bertz CT molecular complexity index is 1390. The number of nitrogens with one attached hydrogen (secondary N) is 1. The highest BCUT2D eigenvalue weighted by Crippen LogP contribution is 2.40. The van der Waals surface area contributed by atoms with Gasteiger partial charge in [0.05, 0.1) is 0 Å². The van der Waals surface area contributed by atoms with E-state index in [0.29, 0.717) is 18.2 Å². The first-order chi connectivity index (χ1) is 20.0. The van der Waals surface area contributed by atoms with E-state index < -0.39 is 17.6 Å². The average molecular weight is 569 g/mol. The number of piperidine rings is 1. The summed E-state index contributed by atoms with van der Waals surface area (Å²) in [6, 6.07) is 30.2. The standard InChI is InChI=1S/C32H32N4O4S/c1-23(29(37)36-20-12-5-13-21-36)40-35-28(30(38)39)27-22-41-31(33-27)34-32(24-14-6-2-7-15-24,25-16-8-3-9-17-25)26-18-10-4-11-19-26/h2-4,6-11,14-19,22-23H,5,12-13,20-21H2,1H3,(H,33,34)(H,38,39)/b35-28-/t23-/m0/s1. The van der Waals surface area contributed by atoms with Crippen LogP contribution in [0.3, 0.4) is 0 Å². The number of anilines is 1. The van der Waals surface area contributed by atoms with Crippen LogP contribution < -0.4 is 5.32 Å². The normalized spacial score (nSPS) is 14.8. The fourth-order valence-electron chi connectivity index (χ4n) is 5.12. The van der Waals surface area contributed by atoms with Crippen molar-refractivity contribution in [3.05, 3.63) is 119 Å². The highest BCUT2D eigenvalue weighted by atomic mass is 32.1. The van der Waals surface area contributed by atoms with Gasteiger partial charge in [0.1, 0.15) is 11.2 Å². The van der Waals surface area contributed by atoms with E-state index in [-0.39, 0.29) is 17.3 Å². The number of aliphatic carboxylic acids is 1. The number of oxime groups is 1. The Labute approximate surface area is 243 Å². The number of carbonyl (C=O) groups is 2. The lowest BCUT2D eigenvalue weighted by Crippen LogP contribution is -2.41. The van der Waals surface area contributed by atoms with Crippen molar-refractivity contribution >= 4 is 34.1 Å². The molecule has 4 aromatic rings. The maximum absolute atomic E-state index is 12.7. The summed E-state index contributed by atoms with van der Waals surface area (Å²) in [5.74, 6) is -1.49.